The Hall–Kier alpha value is -6.27. The maximum absolute atomic E-state index is 15.6. The van der Waals surface area contributed by atoms with Gasteiger partial charge in [0.15, 0.2) is 17.4 Å². The van der Waals surface area contributed by atoms with E-state index < -0.39 is 27.9 Å². The third-order valence-electron chi connectivity index (χ3n) is 12.6. The van der Waals surface area contributed by atoms with Crippen molar-refractivity contribution in [3.8, 4) is 11.1 Å². The normalized spacial score (nSPS) is 17.8. The molecule has 0 radical (unpaired) electrons. The van der Waals surface area contributed by atoms with Crippen molar-refractivity contribution in [1.82, 2.24) is 24.2 Å². The number of hydrogen-bond donors (Lipinski definition) is 3. The van der Waals surface area contributed by atoms with Gasteiger partial charge in [-0.25, -0.2) is 18.7 Å². The van der Waals surface area contributed by atoms with E-state index in [0.29, 0.717) is 86.5 Å². The number of aromatic nitrogens is 3. The van der Waals surface area contributed by atoms with E-state index in [4.69, 9.17) is 4.98 Å². The molecule has 3 N–H and O–H groups in total. The summed E-state index contributed by atoms with van der Waals surface area (Å²) in [7, 11) is -2.66. The van der Waals surface area contributed by atoms with Gasteiger partial charge in [0.05, 0.1) is 23.0 Å². The molecule has 1 saturated carbocycles. The molecule has 15 nitrogen and oxygen atoms in total. The van der Waals surface area contributed by atoms with E-state index in [9.17, 15) is 27.6 Å². The van der Waals surface area contributed by atoms with Crippen LogP contribution in [0.15, 0.2) is 73.2 Å². The number of halogens is 2. The lowest BCUT2D eigenvalue weighted by Gasteiger charge is -2.37. The summed E-state index contributed by atoms with van der Waals surface area (Å²) in [6.07, 6.45) is 8.05. The quantitative estimate of drug-likeness (QED) is 0.0906. The number of nitrogens with zero attached hydrogens (tertiary/aromatic N) is 6. The first kappa shape index (κ1) is 44.3. The maximum Gasteiger partial charge on any atom is 0.301 e. The number of pyridine rings is 2. The van der Waals surface area contributed by atoms with Crippen LogP contribution in [0.1, 0.15) is 67.8 Å². The molecular formula is C46H51F2N9O6S. The van der Waals surface area contributed by atoms with E-state index >= 15 is 8.78 Å². The van der Waals surface area contributed by atoms with E-state index in [1.54, 1.807) is 37.5 Å². The molecule has 0 bridgehead atoms. The summed E-state index contributed by atoms with van der Waals surface area (Å²) in [5.41, 5.74) is 2.42. The smallest absolute Gasteiger partial charge is 0.301 e. The zero-order chi connectivity index (χ0) is 45.1. The lowest BCUT2D eigenvalue weighted by atomic mass is 9.92. The van der Waals surface area contributed by atoms with Crippen LogP contribution in [0.25, 0.3) is 22.2 Å². The highest BCUT2D eigenvalue weighted by atomic mass is 32.2. The summed E-state index contributed by atoms with van der Waals surface area (Å²) in [6, 6.07) is 14.0. The number of Topliss-reactive ketones (excluding diaryl/α,β-unsaturated/α-hetero) is 2. The van der Waals surface area contributed by atoms with Crippen LogP contribution in [0, 0.1) is 17.6 Å². The molecule has 1 atom stereocenters. The Labute approximate surface area is 370 Å². The molecule has 3 aliphatic rings. The van der Waals surface area contributed by atoms with E-state index in [2.05, 4.69) is 24.9 Å². The van der Waals surface area contributed by atoms with Crippen LogP contribution in [-0.4, -0.2) is 115 Å². The fourth-order valence-electron chi connectivity index (χ4n) is 8.59. The lowest BCUT2D eigenvalue weighted by molar-refractivity contribution is -0.132. The van der Waals surface area contributed by atoms with E-state index in [1.807, 2.05) is 21.9 Å². The number of fused-ring (bicyclic) bond motifs is 1. The zero-order valence-corrected chi connectivity index (χ0v) is 36.6. The number of piperidine rings is 1. The average molecular weight is 896 g/mol. The van der Waals surface area contributed by atoms with Gasteiger partial charge >= 0.3 is 10.2 Å². The molecule has 3 fully saturated rings. The van der Waals surface area contributed by atoms with E-state index in [-0.39, 0.29) is 65.4 Å². The fourth-order valence-corrected chi connectivity index (χ4v) is 9.52. The Bertz CT molecular complexity index is 2680. The predicted molar refractivity (Wildman–Crippen MR) is 241 cm³/mol. The average Bonchev–Trinajstić information content (AvgIpc) is 3.66. The number of anilines is 4. The van der Waals surface area contributed by atoms with Crippen molar-refractivity contribution in [2.75, 3.05) is 72.7 Å². The van der Waals surface area contributed by atoms with Crippen LogP contribution in [-0.2, 0) is 24.6 Å². The third-order valence-corrected chi connectivity index (χ3v) is 14.2. The van der Waals surface area contributed by atoms with Gasteiger partial charge in [-0.2, -0.15) is 12.7 Å². The van der Waals surface area contributed by atoms with Gasteiger partial charge in [-0.15, -0.1) is 0 Å². The van der Waals surface area contributed by atoms with Crippen LogP contribution >= 0.6 is 0 Å². The van der Waals surface area contributed by atoms with Crippen LogP contribution in [0.4, 0.5) is 31.7 Å². The molecule has 1 amide bonds. The minimum absolute atomic E-state index is 0.0254. The molecule has 64 heavy (non-hydrogen) atoms. The highest BCUT2D eigenvalue weighted by Gasteiger charge is 2.29. The Morgan fingerprint density at radius 1 is 0.859 bits per heavy atom. The number of nitrogens with one attached hydrogen (secondary N) is 3. The Morgan fingerprint density at radius 3 is 2.34 bits per heavy atom. The van der Waals surface area contributed by atoms with Crippen molar-refractivity contribution in [3.63, 3.8) is 0 Å². The van der Waals surface area contributed by atoms with E-state index in [1.165, 1.54) is 37.5 Å². The molecule has 2 saturated heterocycles. The molecule has 1 unspecified atom stereocenters. The number of aromatic amines is 1. The highest BCUT2D eigenvalue weighted by Crippen LogP contribution is 2.32. The number of amides is 1. The molecule has 2 aromatic carbocycles. The number of ketones is 3. The number of carbonyl (C=O) groups is 4. The van der Waals surface area contributed by atoms with Crippen LogP contribution in [0.2, 0.25) is 0 Å². The van der Waals surface area contributed by atoms with Gasteiger partial charge in [0.1, 0.15) is 23.1 Å². The second-order valence-electron chi connectivity index (χ2n) is 16.7. The summed E-state index contributed by atoms with van der Waals surface area (Å²) in [4.78, 5) is 69.5. The number of rotatable bonds is 13. The summed E-state index contributed by atoms with van der Waals surface area (Å²) < 4.78 is 59.3. The minimum atomic E-state index is -4.02. The van der Waals surface area contributed by atoms with Gasteiger partial charge in [-0.05, 0) is 73.7 Å². The van der Waals surface area contributed by atoms with Crippen molar-refractivity contribution in [1.29, 1.82) is 0 Å². The molecule has 1 aliphatic carbocycles. The maximum atomic E-state index is 15.6. The van der Waals surface area contributed by atoms with Crippen LogP contribution in [0.3, 0.4) is 0 Å². The topological polar surface area (TPSA) is 181 Å². The van der Waals surface area contributed by atoms with Gasteiger partial charge < -0.3 is 25.0 Å². The first-order valence-electron chi connectivity index (χ1n) is 21.7. The van der Waals surface area contributed by atoms with E-state index in [0.717, 1.165) is 28.5 Å². The van der Waals surface area contributed by atoms with Gasteiger partial charge in [0.2, 0.25) is 5.91 Å². The number of carbonyl (C=O) groups excluding carboxylic acids is 4. The van der Waals surface area contributed by atoms with Crippen molar-refractivity contribution >= 4 is 67.4 Å². The second-order valence-corrected chi connectivity index (χ2v) is 18.4. The molecule has 3 aromatic heterocycles. The predicted octanol–water partition coefficient (Wildman–Crippen LogP) is 6.19. The Morgan fingerprint density at radius 2 is 1.62 bits per heavy atom. The minimum Gasteiger partial charge on any atom is -0.375 e. The van der Waals surface area contributed by atoms with Gasteiger partial charge in [-0.3, -0.25) is 23.9 Å². The second kappa shape index (κ2) is 18.8. The van der Waals surface area contributed by atoms with Crippen molar-refractivity contribution in [3.05, 3.63) is 95.9 Å². The number of H-pyrrole nitrogens is 1. The number of piperazine rings is 1. The Balaban J connectivity index is 0.827. The summed E-state index contributed by atoms with van der Waals surface area (Å²) >= 11 is 0. The van der Waals surface area contributed by atoms with Crippen molar-refractivity contribution in [2.45, 2.75) is 57.9 Å². The lowest BCUT2D eigenvalue weighted by Crippen LogP contribution is -2.49. The molecule has 5 heterocycles. The molecule has 18 heteroatoms. The largest absolute Gasteiger partial charge is 0.375 e. The summed E-state index contributed by atoms with van der Waals surface area (Å²) in [6.45, 7) is 5.44. The standard InChI is InChI=1S/C46H51F2N9O6S/c1-3-54(2)64(62,63)53-39-6-4-5-34(44(39)48)45(61)36-28-51-46-35(36)24-31(27-50-46)30-7-14-42(49-26-30)56-19-21-57(22-20-56)43(60)23-29-15-17-55(18-16-29)40-12-8-32(25-37(40)47)52-38-11-9-33(58)10-13-41(38)59/h4-8,12,14,24-29,38,52-53H,3,9-11,13,15-23H2,1-2H3,(H,50,51). The molecule has 336 valence electrons. The van der Waals surface area contributed by atoms with Gasteiger partial charge in [-0.1, -0.05) is 13.0 Å². The highest BCUT2D eigenvalue weighted by molar-refractivity contribution is 7.90. The van der Waals surface area contributed by atoms with Crippen molar-refractivity contribution in [2.24, 2.45) is 5.92 Å². The summed E-state index contributed by atoms with van der Waals surface area (Å²) in [5.74, 6) is -0.867. The van der Waals surface area contributed by atoms with Crippen LogP contribution in [0.5, 0.6) is 0 Å². The number of benzene rings is 2. The van der Waals surface area contributed by atoms with Gasteiger partial charge in [0, 0.05) is 125 Å². The SMILES string of the molecule is CCN(C)S(=O)(=O)Nc1cccc(C(=O)c2c[nH]c3ncc(-c4ccc(N5CCN(C(=O)CC6CCN(c7ccc(NC8CCC(=O)CCC8=O)cc7F)CC6)CC5)nc4)cc23)c1F. The van der Waals surface area contributed by atoms with Crippen molar-refractivity contribution < 1.29 is 36.4 Å². The summed E-state index contributed by atoms with van der Waals surface area (Å²) in [5, 5.41) is 3.59. The van der Waals surface area contributed by atoms with Gasteiger partial charge in [0.25, 0.3) is 0 Å². The van der Waals surface area contributed by atoms with Crippen LogP contribution < -0.4 is 19.8 Å². The molecule has 2 aliphatic heterocycles. The Kier molecular flexibility index (Phi) is 13.0. The molecule has 0 spiro atoms. The third kappa shape index (κ3) is 9.62. The fraction of sp³-hybridized carbons (Fsp3) is 0.391. The first-order chi connectivity index (χ1) is 30.8. The molecule has 8 rings (SSSR count). The molecule has 5 aromatic rings. The monoisotopic (exact) mass is 895 g/mol. The zero-order valence-electron chi connectivity index (χ0n) is 35.8. The molecular weight excluding hydrogens is 845 g/mol. The first-order valence-corrected chi connectivity index (χ1v) is 23.1. The number of hydrogen-bond acceptors (Lipinski definition) is 11.